The molecule has 1 amide bonds. The van der Waals surface area contributed by atoms with Crippen LogP contribution in [0.25, 0.3) is 0 Å². The number of alkyl halides is 2. The van der Waals surface area contributed by atoms with E-state index in [4.69, 9.17) is 16.3 Å². The molecular weight excluding hydrogens is 579 g/mol. The van der Waals surface area contributed by atoms with Gasteiger partial charge >= 0.3 is 13.8 Å². The lowest BCUT2D eigenvalue weighted by molar-refractivity contribution is -0.116. The van der Waals surface area contributed by atoms with Gasteiger partial charge in [-0.3, -0.25) is 4.79 Å². The van der Waals surface area contributed by atoms with E-state index in [9.17, 15) is 23.0 Å². The molecule has 4 rings (SSSR count). The highest BCUT2D eigenvalue weighted by atomic mass is 35.5. The van der Waals surface area contributed by atoms with Crippen LogP contribution in [0.1, 0.15) is 17.5 Å². The maximum atomic E-state index is 12.6. The van der Waals surface area contributed by atoms with Gasteiger partial charge in [-0.1, -0.05) is 71.9 Å². The Morgan fingerprint density at radius 3 is 2.40 bits per heavy atom. The number of amides is 1. The van der Waals surface area contributed by atoms with E-state index in [1.54, 1.807) is 0 Å². The molecule has 208 valence electrons. The Labute approximate surface area is 239 Å². The molecule has 11 heteroatoms. The molecule has 1 atom stereocenters. The number of carbonyl (C=O) groups excluding carboxylic acids is 1. The van der Waals surface area contributed by atoms with Crippen molar-refractivity contribution in [3.8, 4) is 11.5 Å². The van der Waals surface area contributed by atoms with E-state index < -0.39 is 13.8 Å². The van der Waals surface area contributed by atoms with Crippen molar-refractivity contribution >= 4 is 42.6 Å². The second-order valence-corrected chi connectivity index (χ2v) is 11.9. The first-order chi connectivity index (χ1) is 19.2. The number of ether oxygens (including phenoxy) is 1. The number of hydrogen-bond donors (Lipinski definition) is 2. The smallest absolute Gasteiger partial charge is 0.442 e. The van der Waals surface area contributed by atoms with Crippen LogP contribution in [0.15, 0.2) is 107 Å². The Bertz CT molecular complexity index is 1510. The largest absolute Gasteiger partial charge is 0.489 e. The van der Waals surface area contributed by atoms with Crippen LogP contribution >= 0.6 is 31.0 Å². The fourth-order valence-corrected chi connectivity index (χ4v) is 5.33. The maximum absolute atomic E-state index is 12.6. The molecule has 0 saturated carbocycles. The number of nitrogens with one attached hydrogen (secondary N) is 1. The molecule has 4 aromatic carbocycles. The van der Waals surface area contributed by atoms with Gasteiger partial charge in [0.1, 0.15) is 18.1 Å². The summed E-state index contributed by atoms with van der Waals surface area (Å²) in [5, 5.41) is 3.14. The van der Waals surface area contributed by atoms with Crippen LogP contribution in [0.5, 0.6) is 11.5 Å². The van der Waals surface area contributed by atoms with Gasteiger partial charge in [-0.15, -0.1) is 0 Å². The Balaban J connectivity index is 1.30. The third-order valence-electron chi connectivity index (χ3n) is 5.54. The highest BCUT2D eigenvalue weighted by Gasteiger charge is 2.34. The normalized spacial score (nSPS) is 12.5. The molecule has 0 aromatic heterocycles. The Morgan fingerprint density at radius 2 is 1.65 bits per heavy atom. The van der Waals surface area contributed by atoms with Gasteiger partial charge in [0.15, 0.2) is 0 Å². The molecule has 0 fully saturated rings. The SMILES string of the molecule is O=C(CCc1ccc(Sc2cccc(OCc3ccccc3)c2)cc1Cl)Nc1cccc(OP(=O)(O)C(F)F)c1. The van der Waals surface area contributed by atoms with Gasteiger partial charge in [-0.25, -0.2) is 4.57 Å². The summed E-state index contributed by atoms with van der Waals surface area (Å²) in [7, 11) is -5.11. The van der Waals surface area contributed by atoms with Gasteiger partial charge in [0.2, 0.25) is 5.91 Å². The molecule has 1 unspecified atom stereocenters. The van der Waals surface area contributed by atoms with E-state index in [0.29, 0.717) is 18.1 Å². The predicted molar refractivity (Wildman–Crippen MR) is 153 cm³/mol. The second-order valence-electron chi connectivity index (χ2n) is 8.61. The van der Waals surface area contributed by atoms with Gasteiger partial charge in [0.25, 0.3) is 0 Å². The lowest BCUT2D eigenvalue weighted by atomic mass is 10.1. The summed E-state index contributed by atoms with van der Waals surface area (Å²) in [6, 6.07) is 28.7. The zero-order valence-electron chi connectivity index (χ0n) is 21.0. The van der Waals surface area contributed by atoms with Crippen molar-refractivity contribution in [2.24, 2.45) is 0 Å². The van der Waals surface area contributed by atoms with Crippen molar-refractivity contribution in [2.75, 3.05) is 5.32 Å². The lowest BCUT2D eigenvalue weighted by Crippen LogP contribution is -2.12. The fourth-order valence-electron chi connectivity index (χ4n) is 3.59. The first-order valence-corrected chi connectivity index (χ1v) is 15.0. The van der Waals surface area contributed by atoms with E-state index >= 15 is 0 Å². The highest BCUT2D eigenvalue weighted by molar-refractivity contribution is 7.99. The van der Waals surface area contributed by atoms with Crippen molar-refractivity contribution in [1.29, 1.82) is 0 Å². The van der Waals surface area contributed by atoms with E-state index in [1.807, 2.05) is 72.8 Å². The minimum atomic E-state index is -5.11. The zero-order chi connectivity index (χ0) is 28.5. The van der Waals surface area contributed by atoms with Crippen molar-refractivity contribution in [1.82, 2.24) is 0 Å². The van der Waals surface area contributed by atoms with Crippen LogP contribution in [-0.4, -0.2) is 17.0 Å². The summed E-state index contributed by atoms with van der Waals surface area (Å²) in [6.07, 6.45) is -3.07. The summed E-state index contributed by atoms with van der Waals surface area (Å²) in [6.45, 7) is 0.478. The Kier molecular flexibility index (Phi) is 10.2. The zero-order valence-corrected chi connectivity index (χ0v) is 23.5. The first kappa shape index (κ1) is 29.6. The number of aryl methyl sites for hydroxylation is 1. The molecular formula is C29H25ClF2NO5PS. The summed E-state index contributed by atoms with van der Waals surface area (Å²) >= 11 is 8.04. The van der Waals surface area contributed by atoms with Crippen LogP contribution in [0, 0.1) is 0 Å². The summed E-state index contributed by atoms with van der Waals surface area (Å²) in [4.78, 5) is 23.6. The third kappa shape index (κ3) is 8.83. The van der Waals surface area contributed by atoms with Gasteiger partial charge < -0.3 is 19.5 Å². The number of anilines is 1. The van der Waals surface area contributed by atoms with Crippen LogP contribution in [0.4, 0.5) is 14.5 Å². The Hall–Kier alpha value is -3.36. The van der Waals surface area contributed by atoms with E-state index in [-0.39, 0.29) is 23.8 Å². The van der Waals surface area contributed by atoms with E-state index in [2.05, 4.69) is 9.84 Å². The molecule has 0 radical (unpaired) electrons. The summed E-state index contributed by atoms with van der Waals surface area (Å²) < 4.78 is 47.0. The molecule has 2 N–H and O–H groups in total. The number of rotatable bonds is 12. The number of carbonyl (C=O) groups is 1. The molecule has 0 saturated heterocycles. The van der Waals surface area contributed by atoms with Crippen LogP contribution in [0.2, 0.25) is 5.02 Å². The van der Waals surface area contributed by atoms with Crippen molar-refractivity contribution in [3.05, 3.63) is 113 Å². The van der Waals surface area contributed by atoms with Gasteiger partial charge in [0.05, 0.1) is 0 Å². The van der Waals surface area contributed by atoms with Gasteiger partial charge in [0, 0.05) is 33.0 Å². The molecule has 0 bridgehead atoms. The van der Waals surface area contributed by atoms with Crippen LogP contribution in [0.3, 0.4) is 0 Å². The number of hydrogen-bond acceptors (Lipinski definition) is 5. The molecule has 6 nitrogen and oxygen atoms in total. The summed E-state index contributed by atoms with van der Waals surface area (Å²) in [5.41, 5.74) is 2.11. The maximum Gasteiger partial charge on any atom is 0.442 e. The topological polar surface area (TPSA) is 84.9 Å². The minimum Gasteiger partial charge on any atom is -0.489 e. The first-order valence-electron chi connectivity index (χ1n) is 12.1. The highest BCUT2D eigenvalue weighted by Crippen LogP contribution is 2.49. The molecule has 40 heavy (non-hydrogen) atoms. The average molecular weight is 604 g/mol. The molecule has 0 aliphatic rings. The summed E-state index contributed by atoms with van der Waals surface area (Å²) in [5.74, 6) is 0.160. The predicted octanol–water partition coefficient (Wildman–Crippen LogP) is 8.43. The number of benzene rings is 4. The minimum absolute atomic E-state index is 0.105. The Morgan fingerprint density at radius 1 is 0.925 bits per heavy atom. The standard InChI is InChI=1S/C29H25ClF2NO5PS/c30-27-18-26(40-25-11-5-9-23(17-25)37-19-20-6-2-1-3-7-20)14-12-21(27)13-15-28(34)33-22-8-4-10-24(16-22)38-39(35,36)29(31)32/h1-12,14,16-18,29H,13,15,19H2,(H,33,34)(H,35,36). The fraction of sp³-hybridized carbons (Fsp3) is 0.138. The molecule has 4 aromatic rings. The lowest BCUT2D eigenvalue weighted by Gasteiger charge is -2.13. The molecule has 0 spiro atoms. The monoisotopic (exact) mass is 603 g/mol. The second kappa shape index (κ2) is 13.8. The van der Waals surface area contributed by atoms with Gasteiger partial charge in [-0.2, -0.15) is 8.78 Å². The third-order valence-corrected chi connectivity index (χ3v) is 7.83. The van der Waals surface area contributed by atoms with Crippen molar-refractivity contribution in [3.63, 3.8) is 0 Å². The molecule has 0 aliphatic heterocycles. The quantitative estimate of drug-likeness (QED) is 0.158. The number of halogens is 3. The van der Waals surface area contributed by atoms with E-state index in [1.165, 1.54) is 36.0 Å². The van der Waals surface area contributed by atoms with Crippen molar-refractivity contribution in [2.45, 2.75) is 35.4 Å². The van der Waals surface area contributed by atoms with Gasteiger partial charge in [-0.05, 0) is 60.0 Å². The van der Waals surface area contributed by atoms with Crippen LogP contribution < -0.4 is 14.6 Å². The molecule has 0 aliphatic carbocycles. The van der Waals surface area contributed by atoms with Crippen LogP contribution in [-0.2, 0) is 22.4 Å². The molecule has 0 heterocycles. The average Bonchev–Trinajstić information content (AvgIpc) is 2.92. The van der Waals surface area contributed by atoms with E-state index in [0.717, 1.165) is 26.7 Å². The van der Waals surface area contributed by atoms with Crippen molar-refractivity contribution < 1.29 is 32.3 Å².